The van der Waals surface area contributed by atoms with Crippen molar-refractivity contribution in [3.63, 3.8) is 0 Å². The maximum absolute atomic E-state index is 12.5. The zero-order chi connectivity index (χ0) is 17.7. The summed E-state index contributed by atoms with van der Waals surface area (Å²) in [5, 5.41) is 9.20. The van der Waals surface area contributed by atoms with Crippen molar-refractivity contribution in [2.45, 2.75) is 33.2 Å². The van der Waals surface area contributed by atoms with Gasteiger partial charge in [0.1, 0.15) is 11.8 Å². The first-order valence-electron chi connectivity index (χ1n) is 7.65. The number of carbonyl (C=O) groups is 2. The lowest BCUT2D eigenvalue weighted by atomic mass is 10.0. The van der Waals surface area contributed by atoms with Crippen molar-refractivity contribution in [2.24, 2.45) is 5.92 Å². The summed E-state index contributed by atoms with van der Waals surface area (Å²) in [7, 11) is 0. The molecule has 0 radical (unpaired) electrons. The lowest BCUT2D eigenvalue weighted by Gasteiger charge is -2.19. The molecule has 0 aliphatic carbocycles. The third kappa shape index (κ3) is 5.19. The number of carbonyl (C=O) groups excluding carboxylic acids is 2. The molecule has 2 rings (SSSR count). The van der Waals surface area contributed by atoms with Gasteiger partial charge in [-0.25, -0.2) is 0 Å². The molecule has 1 aromatic carbocycles. The minimum absolute atomic E-state index is 0.239. The van der Waals surface area contributed by atoms with Crippen LogP contribution in [0.15, 0.2) is 39.3 Å². The molecule has 0 spiro atoms. The Morgan fingerprint density at radius 1 is 1.29 bits per heavy atom. The Bertz CT molecular complexity index is 727. The van der Waals surface area contributed by atoms with Gasteiger partial charge in [0.15, 0.2) is 5.82 Å². The van der Waals surface area contributed by atoms with Crippen molar-refractivity contribution >= 4 is 33.6 Å². The monoisotopic (exact) mass is 393 g/mol. The molecule has 2 N–H and O–H groups in total. The molecule has 1 aromatic heterocycles. The van der Waals surface area contributed by atoms with Gasteiger partial charge in [-0.2, -0.15) is 0 Å². The predicted molar refractivity (Wildman–Crippen MR) is 94.7 cm³/mol. The average Bonchev–Trinajstić information content (AvgIpc) is 2.91. The summed E-state index contributed by atoms with van der Waals surface area (Å²) in [5.74, 6) is 0.559. The molecule has 0 saturated heterocycles. The minimum atomic E-state index is -0.659. The van der Waals surface area contributed by atoms with Gasteiger partial charge in [0.05, 0.1) is 0 Å². The Labute approximate surface area is 149 Å². The molecule has 7 heteroatoms. The van der Waals surface area contributed by atoms with E-state index in [1.807, 2.05) is 19.9 Å². The number of halogens is 1. The van der Waals surface area contributed by atoms with E-state index >= 15 is 0 Å². The van der Waals surface area contributed by atoms with E-state index in [0.29, 0.717) is 23.6 Å². The fourth-order valence-corrected chi connectivity index (χ4v) is 2.61. The number of hydrogen-bond acceptors (Lipinski definition) is 4. The van der Waals surface area contributed by atoms with Crippen molar-refractivity contribution < 1.29 is 14.1 Å². The summed E-state index contributed by atoms with van der Waals surface area (Å²) in [6.45, 7) is 5.72. The first-order chi connectivity index (χ1) is 11.3. The minimum Gasteiger partial charge on any atom is -0.360 e. The zero-order valence-corrected chi connectivity index (χ0v) is 15.4. The molecule has 1 heterocycles. The topological polar surface area (TPSA) is 84.2 Å². The molecule has 2 aromatic rings. The van der Waals surface area contributed by atoms with Gasteiger partial charge in [0.2, 0.25) is 5.91 Å². The molecule has 6 nitrogen and oxygen atoms in total. The molecule has 0 unspecified atom stereocenters. The molecule has 2 amide bonds. The second kappa shape index (κ2) is 8.10. The molecular weight excluding hydrogens is 374 g/mol. The maximum atomic E-state index is 12.5. The Morgan fingerprint density at radius 3 is 2.62 bits per heavy atom. The number of nitrogens with zero attached hydrogens (tertiary/aromatic N) is 1. The summed E-state index contributed by atoms with van der Waals surface area (Å²) in [4.78, 5) is 24.9. The number of aromatic nitrogens is 1. The van der Waals surface area contributed by atoms with Gasteiger partial charge < -0.3 is 15.2 Å². The maximum Gasteiger partial charge on any atom is 0.251 e. The largest absolute Gasteiger partial charge is 0.360 e. The lowest BCUT2D eigenvalue weighted by Crippen LogP contribution is -2.44. The lowest BCUT2D eigenvalue weighted by molar-refractivity contribution is -0.118. The molecule has 0 bridgehead atoms. The van der Waals surface area contributed by atoms with Crippen molar-refractivity contribution in [1.29, 1.82) is 0 Å². The Kier molecular flexibility index (Phi) is 6.14. The Morgan fingerprint density at radius 2 is 2.04 bits per heavy atom. The highest BCUT2D eigenvalue weighted by Gasteiger charge is 2.23. The van der Waals surface area contributed by atoms with Crippen LogP contribution >= 0.6 is 15.9 Å². The number of hydrogen-bond donors (Lipinski definition) is 2. The highest BCUT2D eigenvalue weighted by Crippen LogP contribution is 2.14. The van der Waals surface area contributed by atoms with Crippen LogP contribution in [-0.2, 0) is 4.79 Å². The van der Waals surface area contributed by atoms with Gasteiger partial charge in [-0.15, -0.1) is 0 Å². The van der Waals surface area contributed by atoms with Crippen molar-refractivity contribution in [3.05, 3.63) is 46.1 Å². The molecule has 24 heavy (non-hydrogen) atoms. The second-order valence-electron chi connectivity index (χ2n) is 5.98. The van der Waals surface area contributed by atoms with E-state index in [2.05, 4.69) is 31.7 Å². The number of anilines is 1. The van der Waals surface area contributed by atoms with Gasteiger partial charge in [0, 0.05) is 16.1 Å². The van der Waals surface area contributed by atoms with Crippen LogP contribution in [0.5, 0.6) is 0 Å². The number of aryl methyl sites for hydroxylation is 1. The third-order valence-corrected chi connectivity index (χ3v) is 3.79. The van der Waals surface area contributed by atoms with E-state index < -0.39 is 6.04 Å². The Hall–Kier alpha value is -2.15. The molecule has 0 aliphatic heterocycles. The van der Waals surface area contributed by atoms with Gasteiger partial charge in [-0.1, -0.05) is 41.0 Å². The summed E-state index contributed by atoms with van der Waals surface area (Å²) >= 11 is 3.33. The summed E-state index contributed by atoms with van der Waals surface area (Å²) < 4.78 is 5.74. The number of amides is 2. The van der Waals surface area contributed by atoms with E-state index in [4.69, 9.17) is 4.52 Å². The van der Waals surface area contributed by atoms with Crippen LogP contribution in [0.4, 0.5) is 5.82 Å². The molecule has 0 aliphatic rings. The number of nitrogens with one attached hydrogen (secondary N) is 2. The highest BCUT2D eigenvalue weighted by atomic mass is 79.9. The SMILES string of the molecule is Cc1cc(NC(=O)[C@@H](CC(C)C)NC(=O)c2cccc(Br)c2)no1. The molecule has 0 saturated carbocycles. The van der Waals surface area contributed by atoms with Crippen LogP contribution in [0.1, 0.15) is 36.4 Å². The van der Waals surface area contributed by atoms with Crippen molar-refractivity contribution in [3.8, 4) is 0 Å². The standard InChI is InChI=1S/C17H20BrN3O3/c1-10(2)7-14(17(23)20-15-8-11(3)24-21-15)19-16(22)12-5-4-6-13(18)9-12/h4-6,8-10,14H,7H2,1-3H3,(H,19,22)(H,20,21,23)/t14-/m1/s1. The molecule has 1 atom stereocenters. The van der Waals surface area contributed by atoms with Crippen molar-refractivity contribution in [1.82, 2.24) is 10.5 Å². The van der Waals surface area contributed by atoms with E-state index in [0.717, 1.165) is 4.47 Å². The highest BCUT2D eigenvalue weighted by molar-refractivity contribution is 9.10. The van der Waals surface area contributed by atoms with Gasteiger partial charge >= 0.3 is 0 Å². The van der Waals surface area contributed by atoms with Crippen LogP contribution < -0.4 is 10.6 Å². The van der Waals surface area contributed by atoms with E-state index in [1.165, 1.54) is 0 Å². The quantitative estimate of drug-likeness (QED) is 0.785. The fourth-order valence-electron chi connectivity index (χ4n) is 2.21. The average molecular weight is 394 g/mol. The first-order valence-corrected chi connectivity index (χ1v) is 8.45. The molecular formula is C17H20BrN3O3. The van der Waals surface area contributed by atoms with E-state index in [-0.39, 0.29) is 17.7 Å². The normalized spacial score (nSPS) is 12.0. The van der Waals surface area contributed by atoms with E-state index in [1.54, 1.807) is 31.2 Å². The van der Waals surface area contributed by atoms with Gasteiger partial charge in [0.25, 0.3) is 5.91 Å². The summed E-state index contributed by atoms with van der Waals surface area (Å²) in [5.41, 5.74) is 0.489. The second-order valence-corrected chi connectivity index (χ2v) is 6.89. The predicted octanol–water partition coefficient (Wildman–Crippen LogP) is 3.53. The number of rotatable bonds is 6. The van der Waals surface area contributed by atoms with Crippen LogP contribution in [0.2, 0.25) is 0 Å². The van der Waals surface area contributed by atoms with Gasteiger partial charge in [-0.3, -0.25) is 9.59 Å². The smallest absolute Gasteiger partial charge is 0.251 e. The van der Waals surface area contributed by atoms with Gasteiger partial charge in [-0.05, 0) is 37.5 Å². The zero-order valence-electron chi connectivity index (χ0n) is 13.8. The third-order valence-electron chi connectivity index (χ3n) is 3.29. The molecule has 128 valence electrons. The number of benzene rings is 1. The summed E-state index contributed by atoms with van der Waals surface area (Å²) in [6.07, 6.45) is 0.516. The van der Waals surface area contributed by atoms with Crippen molar-refractivity contribution in [2.75, 3.05) is 5.32 Å². The van der Waals surface area contributed by atoms with E-state index in [9.17, 15) is 9.59 Å². The Balaban J connectivity index is 2.09. The fraction of sp³-hybridized carbons (Fsp3) is 0.353. The van der Waals surface area contributed by atoms with Crippen LogP contribution in [-0.4, -0.2) is 23.0 Å². The van der Waals surface area contributed by atoms with Crippen LogP contribution in [0.25, 0.3) is 0 Å². The van der Waals surface area contributed by atoms with Crippen LogP contribution in [0.3, 0.4) is 0 Å². The molecule has 0 fully saturated rings. The summed E-state index contributed by atoms with van der Waals surface area (Å²) in [6, 6.07) is 7.98. The van der Waals surface area contributed by atoms with Crippen LogP contribution in [0, 0.1) is 12.8 Å². The first kappa shape index (κ1) is 18.2.